The Morgan fingerprint density at radius 1 is 0.351 bits per heavy atom. The lowest BCUT2D eigenvalue weighted by Gasteiger charge is -2.28. The van der Waals surface area contributed by atoms with Crippen LogP contribution in [0.3, 0.4) is 0 Å². The van der Waals surface area contributed by atoms with E-state index in [2.05, 4.69) is 93.8 Å². The predicted octanol–water partition coefficient (Wildman–Crippen LogP) is -11.5. The number of hydrogen-bond acceptors (Lipinski definition) is 22. The van der Waals surface area contributed by atoms with Crippen molar-refractivity contribution in [2.24, 2.45) is 116 Å². The molecule has 1 aromatic rings. The van der Waals surface area contributed by atoms with Crippen molar-refractivity contribution >= 4 is 113 Å². The molecule has 13 amide bonds. The number of hydrogen-bond donors (Lipinski definition) is 28. The van der Waals surface area contributed by atoms with Crippen LogP contribution in [0.25, 0.3) is 0 Å². The van der Waals surface area contributed by atoms with E-state index in [9.17, 15) is 67.4 Å². The number of nitrogens with one attached hydrogen (secondary N) is 12. The topological polar surface area (TPSA) is 851 Å². The standard InChI is InChI=1S/C67H123N33O14/c1-37(101)91-49(35-38-21-23-39(102)24-22-38)53(106)90-36-51(104)92-41(16-8-30-85-63(74)75)54(107)94-42(13-3-5-27-68)56(109)95-43(14-4-6-28-69)57(110)97-45(18-10-32-87-65(78)79)58(111)98-46(19-11-33-88-66(80)81)60(113)100-48(25-26-50(70)103)61(114)99-47(20-12-34-89-67(82)83-2)59(112)96-44(17-9-31-86-64(76)77)55(108)93-40(52(71)105)15-7-29-84-62(72)73/h21-24,40-49,102H,3-20,25-36,68-69H2,1-2H3,(H2,70,103)(H2,71,105)(H,90,106)(H,91,101)(H,92,104)(H,93,108)(H,94,107)(H,95,109)(H,96,112)(H,97,110)(H,98,111)(H,99,114)(H,100,113)(H4,72,73,84)(H4,74,75,85)(H4,76,77,86)(H4,78,79,87)(H4,80,81,88)(H3,82,83,89)/t40-,41-,42-,43-,44-,45-,46-,47-,48-,49-/m0/s1. The fourth-order valence-electron chi connectivity index (χ4n) is 10.9. The quantitative estimate of drug-likeness (QED) is 0.0164. The molecule has 0 heterocycles. The van der Waals surface area contributed by atoms with Gasteiger partial charge in [0.15, 0.2) is 35.8 Å². The molecule has 0 aliphatic heterocycles. The van der Waals surface area contributed by atoms with Gasteiger partial charge in [-0.2, -0.15) is 0 Å². The SMILES string of the molecule is CN=C(N)NCCC[C@H](NC(=O)[C@H](CCC(N)=O)NC(=O)[C@H](CCCN=C(N)N)NC(=O)[C@H](CCCN=C(N)N)NC(=O)[C@H](CCCCN)NC(=O)[C@H](CCCCN)NC(=O)[C@H](CCCN=C(N)N)NC(=O)CNC(=O)[C@H](Cc1ccc(O)cc1)NC(C)=O)C(=O)N[C@@H](CCCN=C(N)N)C(=O)N[C@@H](CCCN=C(N)N)C(N)=O. The normalized spacial score (nSPS) is 13.6. The summed E-state index contributed by atoms with van der Waals surface area (Å²) < 4.78 is 0. The number of primary amides is 2. The maximum Gasteiger partial charge on any atom is 0.243 e. The third-order valence-corrected chi connectivity index (χ3v) is 16.8. The van der Waals surface area contributed by atoms with Gasteiger partial charge in [-0.1, -0.05) is 12.1 Å². The molecule has 0 aliphatic rings. The van der Waals surface area contributed by atoms with Crippen molar-refractivity contribution < 1.29 is 67.4 Å². The molecule has 1 aromatic carbocycles. The molecule has 0 saturated heterocycles. The van der Waals surface area contributed by atoms with Crippen molar-refractivity contribution in [1.82, 2.24) is 63.8 Å². The average Bonchev–Trinajstić information content (AvgIpc) is 0.855. The van der Waals surface area contributed by atoms with Crippen LogP contribution in [-0.4, -0.2) is 244 Å². The highest BCUT2D eigenvalue weighted by atomic mass is 16.3. The van der Waals surface area contributed by atoms with Gasteiger partial charge in [0.1, 0.15) is 66.2 Å². The van der Waals surface area contributed by atoms with Crippen LogP contribution >= 0.6 is 0 Å². The Morgan fingerprint density at radius 3 is 0.947 bits per heavy atom. The van der Waals surface area contributed by atoms with Crippen LogP contribution in [0.2, 0.25) is 0 Å². The van der Waals surface area contributed by atoms with Gasteiger partial charge in [0, 0.05) is 66.1 Å². The highest BCUT2D eigenvalue weighted by molar-refractivity contribution is 5.99. The molecular weight excluding hydrogens is 1490 g/mol. The maximum absolute atomic E-state index is 14.9. The Labute approximate surface area is 661 Å². The molecule has 640 valence electrons. The number of unbranched alkanes of at least 4 members (excludes halogenated alkanes) is 2. The van der Waals surface area contributed by atoms with Crippen LogP contribution in [0, 0.1) is 0 Å². The van der Waals surface area contributed by atoms with Gasteiger partial charge in [0.2, 0.25) is 76.8 Å². The third kappa shape index (κ3) is 45.7. The molecule has 114 heavy (non-hydrogen) atoms. The van der Waals surface area contributed by atoms with Crippen molar-refractivity contribution in [3.63, 3.8) is 0 Å². The average molecular weight is 1610 g/mol. The number of amides is 13. The largest absolute Gasteiger partial charge is 0.508 e. The van der Waals surface area contributed by atoms with E-state index in [1.165, 1.54) is 26.1 Å². The van der Waals surface area contributed by atoms with E-state index in [4.69, 9.17) is 86.0 Å². The lowest BCUT2D eigenvalue weighted by molar-refractivity contribution is -0.136. The summed E-state index contributed by atoms with van der Waals surface area (Å²) >= 11 is 0. The van der Waals surface area contributed by atoms with Crippen molar-refractivity contribution in [2.75, 3.05) is 66.0 Å². The number of nitrogens with zero attached hydrogens (tertiary/aromatic N) is 6. The lowest BCUT2D eigenvalue weighted by atomic mass is 10.0. The van der Waals surface area contributed by atoms with Crippen LogP contribution in [0.5, 0.6) is 5.75 Å². The molecule has 0 bridgehead atoms. The predicted molar refractivity (Wildman–Crippen MR) is 428 cm³/mol. The Bertz CT molecular complexity index is 3430. The molecule has 0 spiro atoms. The first-order chi connectivity index (χ1) is 54.0. The van der Waals surface area contributed by atoms with E-state index in [0.717, 1.165) is 0 Å². The number of guanidine groups is 6. The van der Waals surface area contributed by atoms with Gasteiger partial charge < -0.3 is 155 Å². The number of phenols is 1. The number of carbonyl (C=O) groups is 13. The Balaban J connectivity index is 3.94. The van der Waals surface area contributed by atoms with E-state index < -0.39 is 157 Å². The fraction of sp³-hybridized carbons (Fsp3) is 0.627. The molecular formula is C67H123N33O14. The summed E-state index contributed by atoms with van der Waals surface area (Å²) in [5.41, 5.74) is 84.9. The summed E-state index contributed by atoms with van der Waals surface area (Å²) in [5, 5.41) is 41.1. The zero-order valence-corrected chi connectivity index (χ0v) is 64.9. The number of aromatic hydroxyl groups is 1. The summed E-state index contributed by atoms with van der Waals surface area (Å²) in [6.07, 6.45) is -0.559. The Kier molecular flexibility index (Phi) is 49.7. The van der Waals surface area contributed by atoms with Crippen LogP contribution in [-0.2, 0) is 68.7 Å². The van der Waals surface area contributed by atoms with E-state index in [1.807, 2.05) is 0 Å². The van der Waals surface area contributed by atoms with Crippen molar-refractivity contribution in [2.45, 2.75) is 202 Å². The molecule has 0 saturated carbocycles. The summed E-state index contributed by atoms with van der Waals surface area (Å²) in [4.78, 5) is 205. The maximum atomic E-state index is 14.9. The molecule has 1 rings (SSSR count). The first-order valence-corrected chi connectivity index (χ1v) is 37.3. The second kappa shape index (κ2) is 56.8. The van der Waals surface area contributed by atoms with Gasteiger partial charge in [-0.15, -0.1) is 0 Å². The van der Waals surface area contributed by atoms with Crippen LogP contribution in [0.4, 0.5) is 0 Å². The minimum absolute atomic E-state index is 0.00137. The first-order valence-electron chi connectivity index (χ1n) is 37.3. The van der Waals surface area contributed by atoms with Gasteiger partial charge in [-0.05, 0) is 153 Å². The third-order valence-electron chi connectivity index (χ3n) is 16.8. The van der Waals surface area contributed by atoms with E-state index >= 15 is 0 Å². The van der Waals surface area contributed by atoms with Crippen LogP contribution in [0.15, 0.2) is 54.2 Å². The van der Waals surface area contributed by atoms with Gasteiger partial charge in [-0.3, -0.25) is 92.3 Å². The number of carbonyl (C=O) groups excluding carboxylic acids is 13. The summed E-state index contributed by atoms with van der Waals surface area (Å²) in [6.45, 7) is 0.785. The van der Waals surface area contributed by atoms with Crippen LogP contribution < -0.4 is 150 Å². The summed E-state index contributed by atoms with van der Waals surface area (Å²) in [6, 6.07) is -8.76. The molecule has 10 atom stereocenters. The van der Waals surface area contributed by atoms with Crippen molar-refractivity contribution in [3.05, 3.63) is 29.8 Å². The molecule has 43 N–H and O–H groups in total. The second-order valence-corrected chi connectivity index (χ2v) is 26.3. The van der Waals surface area contributed by atoms with Crippen LogP contribution in [0.1, 0.15) is 141 Å². The number of benzene rings is 1. The van der Waals surface area contributed by atoms with E-state index in [1.54, 1.807) is 12.1 Å². The fourth-order valence-corrected chi connectivity index (χ4v) is 10.9. The smallest absolute Gasteiger partial charge is 0.243 e. The minimum Gasteiger partial charge on any atom is -0.508 e. The molecule has 0 aromatic heterocycles. The van der Waals surface area contributed by atoms with Gasteiger partial charge >= 0.3 is 0 Å². The Hall–Kier alpha value is -12.3. The van der Waals surface area contributed by atoms with E-state index in [0.29, 0.717) is 18.4 Å². The first kappa shape index (κ1) is 99.7. The van der Waals surface area contributed by atoms with Gasteiger partial charge in [0.25, 0.3) is 0 Å². The highest BCUT2D eigenvalue weighted by Crippen LogP contribution is 2.15. The molecule has 0 fully saturated rings. The molecule has 0 radical (unpaired) electrons. The Morgan fingerprint density at radius 2 is 0.649 bits per heavy atom. The number of nitrogens with two attached hydrogens (primary N) is 15. The zero-order valence-electron chi connectivity index (χ0n) is 64.9. The molecule has 47 nitrogen and oxygen atoms in total. The highest BCUT2D eigenvalue weighted by Gasteiger charge is 2.36. The number of rotatable bonds is 59. The summed E-state index contributed by atoms with van der Waals surface area (Å²) in [5.74, 6) is -13.1. The lowest BCUT2D eigenvalue weighted by Crippen LogP contribution is -2.60. The van der Waals surface area contributed by atoms with Crippen molar-refractivity contribution in [1.29, 1.82) is 0 Å². The molecule has 0 unspecified atom stereocenters. The zero-order chi connectivity index (χ0) is 85.7. The molecule has 47 heteroatoms. The monoisotopic (exact) mass is 1610 g/mol. The summed E-state index contributed by atoms with van der Waals surface area (Å²) in [7, 11) is 1.42. The van der Waals surface area contributed by atoms with Gasteiger partial charge in [0.05, 0.1) is 6.54 Å². The molecule has 0 aliphatic carbocycles. The van der Waals surface area contributed by atoms with Crippen molar-refractivity contribution in [3.8, 4) is 5.75 Å². The number of phenolic OH excluding ortho intramolecular Hbond substituents is 1. The van der Waals surface area contributed by atoms with E-state index in [-0.39, 0.29) is 203 Å². The van der Waals surface area contributed by atoms with Gasteiger partial charge in [-0.25, -0.2) is 0 Å². The number of aliphatic imine (C=N–C) groups is 6. The minimum atomic E-state index is -1.72. The second-order valence-electron chi connectivity index (χ2n) is 26.3.